The first kappa shape index (κ1) is 12.5. The first-order valence-corrected chi connectivity index (χ1v) is 5.16. The topological polar surface area (TPSA) is 38.8 Å². The van der Waals surface area contributed by atoms with E-state index in [1.54, 1.807) is 14.1 Å². The van der Waals surface area contributed by atoms with Gasteiger partial charge in [0.2, 0.25) is 0 Å². The van der Waals surface area contributed by atoms with E-state index in [1.165, 1.54) is 4.90 Å². The molecular formula is C12H17NO3. The Bertz CT molecular complexity index is 311. The summed E-state index contributed by atoms with van der Waals surface area (Å²) in [6.45, 7) is 1.23. The van der Waals surface area contributed by atoms with Crippen LogP contribution in [0.2, 0.25) is 0 Å². The van der Waals surface area contributed by atoms with Crippen molar-refractivity contribution >= 4 is 6.09 Å². The Labute approximate surface area is 95.8 Å². The Morgan fingerprint density at radius 1 is 1.19 bits per heavy atom. The van der Waals surface area contributed by atoms with Gasteiger partial charge in [-0.25, -0.2) is 4.79 Å². The summed E-state index contributed by atoms with van der Waals surface area (Å²) in [5.74, 6) is 0. The van der Waals surface area contributed by atoms with Crippen LogP contribution in [0.1, 0.15) is 5.56 Å². The maximum Gasteiger partial charge on any atom is 0.409 e. The van der Waals surface area contributed by atoms with Crippen LogP contribution in [0.25, 0.3) is 0 Å². The summed E-state index contributed by atoms with van der Waals surface area (Å²) in [5, 5.41) is 0. The Kier molecular flexibility index (Phi) is 5.36. The molecule has 0 heterocycles. The molecule has 1 rings (SSSR count). The lowest BCUT2D eigenvalue weighted by molar-refractivity contribution is 0.0549. The van der Waals surface area contributed by atoms with Crippen LogP contribution in [-0.2, 0) is 16.1 Å². The SMILES string of the molecule is CN(C)C(=O)OCCOCc1ccccc1. The van der Waals surface area contributed by atoms with Crippen molar-refractivity contribution in [1.82, 2.24) is 4.90 Å². The molecule has 1 aromatic carbocycles. The van der Waals surface area contributed by atoms with Gasteiger partial charge in [-0.2, -0.15) is 0 Å². The van der Waals surface area contributed by atoms with Crippen LogP contribution < -0.4 is 0 Å². The molecule has 16 heavy (non-hydrogen) atoms. The van der Waals surface area contributed by atoms with Gasteiger partial charge in [0.25, 0.3) is 0 Å². The van der Waals surface area contributed by atoms with Crippen LogP contribution in [0.5, 0.6) is 0 Å². The van der Waals surface area contributed by atoms with Crippen LogP contribution in [0, 0.1) is 0 Å². The van der Waals surface area contributed by atoms with E-state index >= 15 is 0 Å². The number of nitrogens with zero attached hydrogens (tertiary/aromatic N) is 1. The fourth-order valence-corrected chi connectivity index (χ4v) is 1.08. The number of rotatable bonds is 5. The van der Waals surface area contributed by atoms with Gasteiger partial charge in [-0.3, -0.25) is 0 Å². The number of ether oxygens (including phenoxy) is 2. The maximum absolute atomic E-state index is 11.0. The molecule has 0 fully saturated rings. The van der Waals surface area contributed by atoms with Gasteiger partial charge < -0.3 is 14.4 Å². The summed E-state index contributed by atoms with van der Waals surface area (Å²) in [5.41, 5.74) is 1.11. The van der Waals surface area contributed by atoms with Crippen molar-refractivity contribution in [2.24, 2.45) is 0 Å². The Morgan fingerprint density at radius 3 is 2.50 bits per heavy atom. The molecule has 0 bridgehead atoms. The zero-order valence-corrected chi connectivity index (χ0v) is 9.68. The molecule has 4 nitrogen and oxygen atoms in total. The van der Waals surface area contributed by atoms with Gasteiger partial charge in [0.1, 0.15) is 6.61 Å². The van der Waals surface area contributed by atoms with E-state index in [4.69, 9.17) is 9.47 Å². The molecular weight excluding hydrogens is 206 g/mol. The van der Waals surface area contributed by atoms with Crippen LogP contribution in [0.3, 0.4) is 0 Å². The van der Waals surface area contributed by atoms with Crippen molar-refractivity contribution in [1.29, 1.82) is 0 Å². The lowest BCUT2D eigenvalue weighted by atomic mass is 10.2. The predicted octanol–water partition coefficient (Wildman–Crippen LogP) is 1.90. The molecule has 4 heteroatoms. The summed E-state index contributed by atoms with van der Waals surface area (Å²) in [4.78, 5) is 12.4. The van der Waals surface area contributed by atoms with Crippen LogP contribution in [0.15, 0.2) is 30.3 Å². The molecule has 0 aromatic heterocycles. The third kappa shape index (κ3) is 4.79. The highest BCUT2D eigenvalue weighted by Crippen LogP contribution is 2.00. The van der Waals surface area contributed by atoms with E-state index < -0.39 is 0 Å². The largest absolute Gasteiger partial charge is 0.447 e. The second kappa shape index (κ2) is 6.85. The molecule has 0 atom stereocenters. The molecule has 1 amide bonds. The molecule has 0 spiro atoms. The number of hydrogen-bond acceptors (Lipinski definition) is 3. The Hall–Kier alpha value is -1.55. The third-order valence-corrected chi connectivity index (χ3v) is 1.93. The highest BCUT2D eigenvalue weighted by atomic mass is 16.6. The number of amides is 1. The minimum Gasteiger partial charge on any atom is -0.447 e. The molecule has 0 saturated heterocycles. The number of benzene rings is 1. The standard InChI is InChI=1S/C12H17NO3/c1-13(2)12(14)16-9-8-15-10-11-6-4-3-5-7-11/h3-7H,8-10H2,1-2H3. The quantitative estimate of drug-likeness (QED) is 0.716. The first-order chi connectivity index (χ1) is 7.70. The molecule has 0 N–H and O–H groups in total. The fraction of sp³-hybridized carbons (Fsp3) is 0.417. The van der Waals surface area contributed by atoms with Crippen molar-refractivity contribution in [2.45, 2.75) is 6.61 Å². The van der Waals surface area contributed by atoms with E-state index in [-0.39, 0.29) is 12.7 Å². The van der Waals surface area contributed by atoms with Crippen molar-refractivity contribution in [3.05, 3.63) is 35.9 Å². The zero-order valence-electron chi connectivity index (χ0n) is 9.68. The summed E-state index contributed by atoms with van der Waals surface area (Å²) in [7, 11) is 3.29. The average molecular weight is 223 g/mol. The fourth-order valence-electron chi connectivity index (χ4n) is 1.08. The number of carbonyl (C=O) groups excluding carboxylic acids is 1. The van der Waals surface area contributed by atoms with Gasteiger partial charge in [0.05, 0.1) is 13.2 Å². The van der Waals surface area contributed by atoms with E-state index in [9.17, 15) is 4.79 Å². The smallest absolute Gasteiger partial charge is 0.409 e. The molecule has 0 aliphatic carbocycles. The average Bonchev–Trinajstić information content (AvgIpc) is 2.29. The van der Waals surface area contributed by atoms with Crippen molar-refractivity contribution in [3.8, 4) is 0 Å². The molecule has 0 unspecified atom stereocenters. The lowest BCUT2D eigenvalue weighted by Gasteiger charge is -2.10. The van der Waals surface area contributed by atoms with Crippen LogP contribution in [0.4, 0.5) is 4.79 Å². The Morgan fingerprint density at radius 2 is 1.88 bits per heavy atom. The second-order valence-corrected chi connectivity index (χ2v) is 3.55. The van der Waals surface area contributed by atoms with E-state index in [0.29, 0.717) is 13.2 Å². The minimum atomic E-state index is -0.344. The first-order valence-electron chi connectivity index (χ1n) is 5.16. The van der Waals surface area contributed by atoms with Crippen LogP contribution >= 0.6 is 0 Å². The summed E-state index contributed by atoms with van der Waals surface area (Å²) in [6.07, 6.45) is -0.344. The van der Waals surface area contributed by atoms with Gasteiger partial charge in [-0.05, 0) is 5.56 Å². The van der Waals surface area contributed by atoms with E-state index in [1.807, 2.05) is 30.3 Å². The Balaban J connectivity index is 2.07. The number of carbonyl (C=O) groups is 1. The van der Waals surface area contributed by atoms with Gasteiger partial charge in [-0.15, -0.1) is 0 Å². The molecule has 0 radical (unpaired) electrons. The van der Waals surface area contributed by atoms with Crippen LogP contribution in [-0.4, -0.2) is 38.3 Å². The summed E-state index contributed by atoms with van der Waals surface area (Å²) < 4.78 is 10.3. The van der Waals surface area contributed by atoms with Gasteiger partial charge in [0, 0.05) is 14.1 Å². The van der Waals surface area contributed by atoms with Crippen molar-refractivity contribution in [2.75, 3.05) is 27.3 Å². The van der Waals surface area contributed by atoms with E-state index in [2.05, 4.69) is 0 Å². The third-order valence-electron chi connectivity index (χ3n) is 1.93. The normalized spacial score (nSPS) is 9.88. The molecule has 0 aliphatic rings. The molecule has 0 aliphatic heterocycles. The lowest BCUT2D eigenvalue weighted by Crippen LogP contribution is -2.24. The number of hydrogen-bond donors (Lipinski definition) is 0. The van der Waals surface area contributed by atoms with Gasteiger partial charge in [-0.1, -0.05) is 30.3 Å². The molecule has 1 aromatic rings. The summed E-state index contributed by atoms with van der Waals surface area (Å²) >= 11 is 0. The van der Waals surface area contributed by atoms with Gasteiger partial charge >= 0.3 is 6.09 Å². The van der Waals surface area contributed by atoms with Crippen molar-refractivity contribution < 1.29 is 14.3 Å². The highest BCUT2D eigenvalue weighted by molar-refractivity contribution is 5.66. The molecule has 88 valence electrons. The predicted molar refractivity (Wildman–Crippen MR) is 61.1 cm³/mol. The molecule has 0 saturated carbocycles. The zero-order chi connectivity index (χ0) is 11.8. The summed E-state index contributed by atoms with van der Waals surface area (Å²) in [6, 6.07) is 9.87. The minimum absolute atomic E-state index is 0.282. The second-order valence-electron chi connectivity index (χ2n) is 3.55. The van der Waals surface area contributed by atoms with Gasteiger partial charge in [0.15, 0.2) is 0 Å². The van der Waals surface area contributed by atoms with E-state index in [0.717, 1.165) is 5.56 Å². The van der Waals surface area contributed by atoms with Crippen molar-refractivity contribution in [3.63, 3.8) is 0 Å². The highest BCUT2D eigenvalue weighted by Gasteiger charge is 2.03. The maximum atomic E-state index is 11.0. The monoisotopic (exact) mass is 223 g/mol.